The summed E-state index contributed by atoms with van der Waals surface area (Å²) in [4.78, 5) is 36.3. The van der Waals surface area contributed by atoms with Crippen LogP contribution in [0.4, 0.5) is 0 Å². The zero-order chi connectivity index (χ0) is 23.8. The molecule has 3 heterocycles. The third kappa shape index (κ3) is 4.15. The van der Waals surface area contributed by atoms with Crippen molar-refractivity contribution in [2.24, 2.45) is 0 Å². The largest absolute Gasteiger partial charge is 0.495 e. The van der Waals surface area contributed by atoms with Crippen LogP contribution in [-0.2, 0) is 17.6 Å². The van der Waals surface area contributed by atoms with Gasteiger partial charge >= 0.3 is 0 Å². The minimum absolute atomic E-state index is 0.0662. The number of likely N-dealkylation sites (tertiary alicyclic amines) is 1. The van der Waals surface area contributed by atoms with Gasteiger partial charge in [0, 0.05) is 17.0 Å². The second kappa shape index (κ2) is 9.74. The number of carbonyl (C=O) groups excluding carboxylic acids is 1. The van der Waals surface area contributed by atoms with E-state index in [9.17, 15) is 9.59 Å². The lowest BCUT2D eigenvalue weighted by Crippen LogP contribution is -2.48. The summed E-state index contributed by atoms with van der Waals surface area (Å²) < 4.78 is 7.25. The van der Waals surface area contributed by atoms with Gasteiger partial charge in [0.25, 0.3) is 5.56 Å². The molecule has 2 unspecified atom stereocenters. The molecule has 8 heteroatoms. The maximum atomic E-state index is 14.0. The van der Waals surface area contributed by atoms with Crippen LogP contribution in [-0.4, -0.2) is 45.3 Å². The van der Waals surface area contributed by atoms with Crippen LogP contribution in [0.3, 0.4) is 0 Å². The summed E-state index contributed by atoms with van der Waals surface area (Å²) in [5.41, 5.74) is 1.76. The van der Waals surface area contributed by atoms with Gasteiger partial charge in [-0.15, -0.1) is 11.3 Å². The molecule has 6 nitrogen and oxygen atoms in total. The molecule has 0 bridgehead atoms. The molecule has 1 aliphatic heterocycles. The number of thioether (sulfide) groups is 1. The second-order valence-corrected chi connectivity index (χ2v) is 11.3. The number of piperidine rings is 1. The number of methoxy groups -OCH3 is 1. The molecule has 0 saturated carbocycles. The van der Waals surface area contributed by atoms with Crippen LogP contribution in [0.25, 0.3) is 15.9 Å². The van der Waals surface area contributed by atoms with E-state index in [1.807, 2.05) is 29.2 Å². The van der Waals surface area contributed by atoms with E-state index in [2.05, 4.69) is 13.8 Å². The molecule has 1 aromatic carbocycles. The van der Waals surface area contributed by atoms with Gasteiger partial charge in [-0.25, -0.2) is 4.98 Å². The van der Waals surface area contributed by atoms with Crippen LogP contribution in [0.15, 0.2) is 34.2 Å². The molecule has 180 valence electrons. The van der Waals surface area contributed by atoms with Crippen molar-refractivity contribution in [3.05, 3.63) is 45.1 Å². The Labute approximate surface area is 208 Å². The van der Waals surface area contributed by atoms with Crippen LogP contribution in [0, 0.1) is 0 Å². The van der Waals surface area contributed by atoms with Crippen LogP contribution in [0.1, 0.15) is 56.4 Å². The van der Waals surface area contributed by atoms with Gasteiger partial charge in [-0.05, 0) is 76.5 Å². The Morgan fingerprint density at radius 3 is 2.65 bits per heavy atom. The maximum absolute atomic E-state index is 14.0. The lowest BCUT2D eigenvalue weighted by Gasteiger charge is -2.39. The Bertz CT molecular complexity index is 1270. The summed E-state index contributed by atoms with van der Waals surface area (Å²) in [7, 11) is 1.61. The highest BCUT2D eigenvalue weighted by atomic mass is 32.2. The quantitative estimate of drug-likeness (QED) is 0.357. The molecule has 3 aromatic rings. The normalized spacial score (nSPS) is 20.4. The molecule has 0 N–H and O–H groups in total. The van der Waals surface area contributed by atoms with Gasteiger partial charge in [0.05, 0.1) is 23.9 Å². The lowest BCUT2D eigenvalue weighted by molar-refractivity contribution is -0.134. The molecule has 5 rings (SSSR count). The standard InChI is InChI=1S/C26H31N3O3S2/c1-16-9-8-10-17(2)28(16)22(30)15-33-26-27-24-23(18-11-4-7-14-21(18)34-24)25(31)29(26)19-12-5-6-13-20(19)32-3/h5-6,12-13,16-17H,4,7-11,14-15H2,1-3H3. The number of rotatable bonds is 5. The Hall–Kier alpha value is -2.32. The molecule has 0 radical (unpaired) electrons. The lowest BCUT2D eigenvalue weighted by atomic mass is 9.97. The fourth-order valence-electron chi connectivity index (χ4n) is 5.42. The first-order chi connectivity index (χ1) is 16.5. The average Bonchev–Trinajstić information content (AvgIpc) is 3.21. The van der Waals surface area contributed by atoms with Crippen LogP contribution in [0.5, 0.6) is 5.75 Å². The molecule has 34 heavy (non-hydrogen) atoms. The number of aromatic nitrogens is 2. The number of para-hydroxylation sites is 2. The smallest absolute Gasteiger partial charge is 0.267 e. The predicted octanol–water partition coefficient (Wildman–Crippen LogP) is 5.22. The third-order valence-corrected chi connectivity index (χ3v) is 9.20. The first-order valence-electron chi connectivity index (χ1n) is 12.1. The topological polar surface area (TPSA) is 64.4 Å². The Balaban J connectivity index is 1.59. The summed E-state index contributed by atoms with van der Waals surface area (Å²) >= 11 is 2.99. The van der Waals surface area contributed by atoms with Gasteiger partial charge in [0.1, 0.15) is 10.6 Å². The molecule has 1 aliphatic carbocycles. The zero-order valence-corrected chi connectivity index (χ0v) is 21.6. The van der Waals surface area contributed by atoms with Crippen molar-refractivity contribution in [3.8, 4) is 11.4 Å². The fourth-order valence-corrected chi connectivity index (χ4v) is 7.60. The van der Waals surface area contributed by atoms with Crippen LogP contribution < -0.4 is 10.3 Å². The minimum Gasteiger partial charge on any atom is -0.495 e. The molecular formula is C26H31N3O3S2. The SMILES string of the molecule is COc1ccccc1-n1c(SCC(=O)N2C(C)CCCC2C)nc2sc3c(c2c1=O)CCCC3. The number of fused-ring (bicyclic) bond motifs is 3. The van der Waals surface area contributed by atoms with E-state index in [0.29, 0.717) is 16.6 Å². The third-order valence-electron chi connectivity index (χ3n) is 7.09. The highest BCUT2D eigenvalue weighted by Crippen LogP contribution is 2.36. The highest BCUT2D eigenvalue weighted by Gasteiger charge is 2.30. The highest BCUT2D eigenvalue weighted by molar-refractivity contribution is 7.99. The number of amides is 1. The molecule has 1 saturated heterocycles. The summed E-state index contributed by atoms with van der Waals surface area (Å²) in [5, 5.41) is 1.28. The number of nitrogens with zero attached hydrogens (tertiary/aromatic N) is 3. The fraction of sp³-hybridized carbons (Fsp3) is 0.500. The van der Waals surface area contributed by atoms with E-state index in [4.69, 9.17) is 9.72 Å². The molecule has 1 amide bonds. The van der Waals surface area contributed by atoms with E-state index < -0.39 is 0 Å². The van der Waals surface area contributed by atoms with Gasteiger partial charge in [-0.1, -0.05) is 23.9 Å². The number of hydrogen-bond donors (Lipinski definition) is 0. The molecule has 1 fully saturated rings. The van der Waals surface area contributed by atoms with E-state index in [1.54, 1.807) is 23.0 Å². The number of ether oxygens (including phenoxy) is 1. The van der Waals surface area contributed by atoms with Crippen molar-refractivity contribution in [2.45, 2.75) is 76.0 Å². The Morgan fingerprint density at radius 1 is 1.15 bits per heavy atom. The van der Waals surface area contributed by atoms with E-state index >= 15 is 0 Å². The van der Waals surface area contributed by atoms with E-state index in [0.717, 1.165) is 60.7 Å². The van der Waals surface area contributed by atoms with Gasteiger partial charge in [0.15, 0.2) is 5.16 Å². The summed E-state index contributed by atoms with van der Waals surface area (Å²) in [6.07, 6.45) is 7.43. The van der Waals surface area contributed by atoms with Gasteiger partial charge in [-0.3, -0.25) is 14.2 Å². The molecular weight excluding hydrogens is 466 g/mol. The first kappa shape index (κ1) is 23.4. The number of hydrogen-bond acceptors (Lipinski definition) is 6. The van der Waals surface area contributed by atoms with E-state index in [-0.39, 0.29) is 29.3 Å². The summed E-state index contributed by atoms with van der Waals surface area (Å²) in [5.74, 6) is 0.977. The molecule has 2 aromatic heterocycles. The summed E-state index contributed by atoms with van der Waals surface area (Å²) in [6.45, 7) is 4.26. The number of aryl methyl sites for hydroxylation is 2. The van der Waals surface area contributed by atoms with Gasteiger partial charge in [-0.2, -0.15) is 0 Å². The number of thiophene rings is 1. The Morgan fingerprint density at radius 2 is 1.88 bits per heavy atom. The van der Waals surface area contributed by atoms with Crippen molar-refractivity contribution < 1.29 is 9.53 Å². The molecule has 2 aliphatic rings. The zero-order valence-electron chi connectivity index (χ0n) is 20.0. The van der Waals surface area contributed by atoms with Crippen molar-refractivity contribution >= 4 is 39.2 Å². The Kier molecular flexibility index (Phi) is 6.71. The van der Waals surface area contributed by atoms with Crippen molar-refractivity contribution in [2.75, 3.05) is 12.9 Å². The molecule has 2 atom stereocenters. The molecule has 0 spiro atoms. The number of benzene rings is 1. The predicted molar refractivity (Wildman–Crippen MR) is 139 cm³/mol. The van der Waals surface area contributed by atoms with Gasteiger partial charge < -0.3 is 9.64 Å². The van der Waals surface area contributed by atoms with Crippen LogP contribution >= 0.6 is 23.1 Å². The summed E-state index contributed by atoms with van der Waals surface area (Å²) in [6, 6.07) is 8.01. The second-order valence-electron chi connectivity index (χ2n) is 9.32. The average molecular weight is 498 g/mol. The maximum Gasteiger partial charge on any atom is 0.267 e. The van der Waals surface area contributed by atoms with E-state index in [1.165, 1.54) is 16.6 Å². The van der Waals surface area contributed by atoms with Gasteiger partial charge in [0.2, 0.25) is 5.91 Å². The minimum atomic E-state index is -0.0662. The van der Waals surface area contributed by atoms with Crippen molar-refractivity contribution in [3.63, 3.8) is 0 Å². The number of carbonyl (C=O) groups is 1. The monoisotopic (exact) mass is 497 g/mol. The van der Waals surface area contributed by atoms with Crippen molar-refractivity contribution in [1.29, 1.82) is 0 Å². The van der Waals surface area contributed by atoms with Crippen molar-refractivity contribution in [1.82, 2.24) is 14.5 Å². The first-order valence-corrected chi connectivity index (χ1v) is 13.9. The van der Waals surface area contributed by atoms with Crippen LogP contribution in [0.2, 0.25) is 0 Å².